The second-order valence-corrected chi connectivity index (χ2v) is 16.1. The topological polar surface area (TPSA) is 110 Å². The Balaban J connectivity index is 1.13. The highest BCUT2D eigenvalue weighted by Gasteiger charge is 2.24. The lowest BCUT2D eigenvalue weighted by atomic mass is 9.85. The van der Waals surface area contributed by atoms with Crippen LogP contribution in [0, 0.1) is 36.5 Å². The predicted molar refractivity (Wildman–Crippen MR) is 259 cm³/mol. The number of para-hydroxylation sites is 1. The van der Waals surface area contributed by atoms with Crippen molar-refractivity contribution in [2.75, 3.05) is 0 Å². The van der Waals surface area contributed by atoms with E-state index in [0.29, 0.717) is 17.0 Å². The highest BCUT2D eigenvalue weighted by atomic mass is 15.2. The van der Waals surface area contributed by atoms with Crippen molar-refractivity contribution < 1.29 is 0 Å². The van der Waals surface area contributed by atoms with Crippen molar-refractivity contribution >= 4 is 55.0 Å². The molecule has 1 unspecified atom stereocenters. The number of hydrogen-bond donors (Lipinski definition) is 1. The van der Waals surface area contributed by atoms with Crippen molar-refractivity contribution in [3.63, 3.8) is 0 Å². The summed E-state index contributed by atoms with van der Waals surface area (Å²) in [5.41, 5.74) is 13.7. The number of fused-ring (bicyclic) bond motifs is 6. The first-order valence-corrected chi connectivity index (χ1v) is 21.2. The number of benzene rings is 8. The molecule has 11 rings (SSSR count). The van der Waals surface area contributed by atoms with Crippen LogP contribution < -0.4 is 5.32 Å². The van der Waals surface area contributed by atoms with Crippen molar-refractivity contribution in [2.24, 2.45) is 9.98 Å². The zero-order valence-electron chi connectivity index (χ0n) is 35.0. The molecule has 0 saturated carbocycles. The third-order valence-electron chi connectivity index (χ3n) is 12.3. The van der Waals surface area contributed by atoms with E-state index in [1.165, 1.54) is 0 Å². The Labute approximate surface area is 370 Å². The Kier molecular flexibility index (Phi) is 9.30. The molecular weight excluding hydrogens is 783 g/mol. The van der Waals surface area contributed by atoms with Gasteiger partial charge in [0.1, 0.15) is 12.0 Å². The van der Waals surface area contributed by atoms with Gasteiger partial charge in [-0.2, -0.15) is 10.5 Å². The van der Waals surface area contributed by atoms with E-state index in [4.69, 9.17) is 20.0 Å². The van der Waals surface area contributed by atoms with E-state index in [-0.39, 0.29) is 6.17 Å². The van der Waals surface area contributed by atoms with Crippen LogP contribution in [0.15, 0.2) is 186 Å². The van der Waals surface area contributed by atoms with Crippen LogP contribution >= 0.6 is 0 Å². The third kappa shape index (κ3) is 6.52. The predicted octanol–water partition coefficient (Wildman–Crippen LogP) is 12.9. The van der Waals surface area contributed by atoms with Crippen molar-refractivity contribution in [1.29, 1.82) is 10.5 Å². The number of nitrogens with one attached hydrogen (secondary N) is 1. The van der Waals surface area contributed by atoms with E-state index in [1.54, 1.807) is 0 Å². The van der Waals surface area contributed by atoms with Crippen LogP contribution in [-0.4, -0.2) is 21.6 Å². The lowest BCUT2D eigenvalue weighted by Crippen LogP contribution is -2.33. The second-order valence-electron chi connectivity index (χ2n) is 16.1. The number of nitriles is 2. The zero-order chi connectivity index (χ0) is 43.3. The molecule has 0 aliphatic carbocycles. The highest BCUT2D eigenvalue weighted by Crippen LogP contribution is 2.46. The molecule has 0 amide bonds. The summed E-state index contributed by atoms with van der Waals surface area (Å²) in [6, 6.07) is 63.6. The van der Waals surface area contributed by atoms with Crippen LogP contribution in [-0.2, 0) is 0 Å². The fourth-order valence-corrected chi connectivity index (χ4v) is 9.20. The molecule has 1 aliphatic heterocycles. The van der Waals surface area contributed by atoms with Crippen molar-refractivity contribution in [3.05, 3.63) is 215 Å². The fourth-order valence-electron chi connectivity index (χ4n) is 9.20. The van der Waals surface area contributed by atoms with Gasteiger partial charge in [0.15, 0.2) is 5.84 Å². The molecule has 0 bridgehead atoms. The van der Waals surface area contributed by atoms with Crippen LogP contribution in [0.3, 0.4) is 0 Å². The maximum absolute atomic E-state index is 9.73. The SMILES string of the molecule is Cc1c2c(-c3ccc(C#N)cc3)nc3cc(-c4cccc(C5=NC(c6ccccc6)=NC(c6ccccc6)N5)c4)ccc3c2c(C)c2c(-c3ccc(C#N)cc3)nc3ccccc3c12. The van der Waals surface area contributed by atoms with E-state index in [2.05, 4.69) is 104 Å². The summed E-state index contributed by atoms with van der Waals surface area (Å²) in [4.78, 5) is 20.9. The van der Waals surface area contributed by atoms with Crippen molar-refractivity contribution in [3.8, 4) is 45.8 Å². The summed E-state index contributed by atoms with van der Waals surface area (Å²) in [6.07, 6.45) is -0.306. The van der Waals surface area contributed by atoms with E-state index in [0.717, 1.165) is 111 Å². The zero-order valence-corrected chi connectivity index (χ0v) is 35.0. The number of aryl methyl sites for hydroxylation is 2. The fraction of sp³-hybridized carbons (Fsp3) is 0.0526. The van der Waals surface area contributed by atoms with Gasteiger partial charge in [0.2, 0.25) is 0 Å². The van der Waals surface area contributed by atoms with Crippen molar-refractivity contribution in [2.45, 2.75) is 20.0 Å². The summed E-state index contributed by atoms with van der Waals surface area (Å²) >= 11 is 0. The first kappa shape index (κ1) is 38.2. The summed E-state index contributed by atoms with van der Waals surface area (Å²) in [7, 11) is 0. The normalized spacial score (nSPS) is 13.6. The van der Waals surface area contributed by atoms with Gasteiger partial charge in [-0.1, -0.05) is 133 Å². The number of hydrogen-bond acceptors (Lipinski definition) is 7. The van der Waals surface area contributed by atoms with Crippen LogP contribution in [0.4, 0.5) is 0 Å². The third-order valence-corrected chi connectivity index (χ3v) is 12.3. The van der Waals surface area contributed by atoms with Gasteiger partial charge in [0.25, 0.3) is 0 Å². The van der Waals surface area contributed by atoms with Crippen LogP contribution in [0.5, 0.6) is 0 Å². The molecule has 300 valence electrons. The minimum atomic E-state index is -0.306. The highest BCUT2D eigenvalue weighted by molar-refractivity contribution is 6.25. The molecule has 2 aromatic heterocycles. The van der Waals surface area contributed by atoms with Gasteiger partial charge < -0.3 is 5.32 Å². The van der Waals surface area contributed by atoms with E-state index < -0.39 is 0 Å². The van der Waals surface area contributed by atoms with E-state index in [1.807, 2.05) is 103 Å². The Hall–Kier alpha value is -8.78. The standard InChI is InChI=1S/C57H37N7/c1-34-49-45-18-9-10-19-47(45)60-53(38-24-20-36(32-58)21-25-38)51(49)35(2)50-46-29-28-43(31-48(46)61-54(52(34)50)39-26-22-37(33-59)23-27-39)42-16-11-17-44(30-42)57-63-55(40-12-5-3-6-13-40)62-56(64-57)41-14-7-4-8-15-41/h3-31,55H,1-2H3,(H,62,63,64). The van der Waals surface area contributed by atoms with Crippen LogP contribution in [0.2, 0.25) is 0 Å². The average molecular weight is 820 g/mol. The van der Waals surface area contributed by atoms with Crippen LogP contribution in [0.25, 0.3) is 77.0 Å². The number of pyridine rings is 2. The minimum absolute atomic E-state index is 0.306. The lowest BCUT2D eigenvalue weighted by molar-refractivity contribution is 0.674. The quantitative estimate of drug-likeness (QED) is 0.133. The average Bonchev–Trinajstić information content (AvgIpc) is 3.37. The Morgan fingerprint density at radius 2 is 0.969 bits per heavy atom. The first-order chi connectivity index (χ1) is 31.4. The van der Waals surface area contributed by atoms with Crippen molar-refractivity contribution in [1.82, 2.24) is 15.3 Å². The van der Waals surface area contributed by atoms with Gasteiger partial charge in [0.05, 0.1) is 45.7 Å². The maximum atomic E-state index is 9.73. The number of aromatic nitrogens is 2. The van der Waals surface area contributed by atoms with Gasteiger partial charge in [-0.3, -0.25) is 0 Å². The maximum Gasteiger partial charge on any atom is 0.159 e. The van der Waals surface area contributed by atoms with Gasteiger partial charge in [-0.25, -0.2) is 20.0 Å². The van der Waals surface area contributed by atoms with Gasteiger partial charge in [0, 0.05) is 43.8 Å². The molecule has 3 heterocycles. The molecule has 10 aromatic rings. The van der Waals surface area contributed by atoms with E-state index >= 15 is 0 Å². The Bertz CT molecular complexity index is 3650. The van der Waals surface area contributed by atoms with E-state index in [9.17, 15) is 10.5 Å². The molecule has 0 spiro atoms. The number of rotatable bonds is 6. The molecule has 0 saturated heterocycles. The summed E-state index contributed by atoms with van der Waals surface area (Å²) in [5, 5.41) is 29.4. The van der Waals surface area contributed by atoms with Crippen LogP contribution in [0.1, 0.15) is 45.1 Å². The molecular formula is C57H37N7. The molecule has 8 aromatic carbocycles. The molecule has 64 heavy (non-hydrogen) atoms. The molecule has 1 N–H and O–H groups in total. The van der Waals surface area contributed by atoms with Gasteiger partial charge >= 0.3 is 0 Å². The monoisotopic (exact) mass is 819 g/mol. The minimum Gasteiger partial charge on any atom is -0.344 e. The number of amidine groups is 2. The Morgan fingerprint density at radius 1 is 0.453 bits per heavy atom. The largest absolute Gasteiger partial charge is 0.344 e. The first-order valence-electron chi connectivity index (χ1n) is 21.2. The summed E-state index contributed by atoms with van der Waals surface area (Å²) in [5.74, 6) is 1.42. The molecule has 1 atom stereocenters. The summed E-state index contributed by atoms with van der Waals surface area (Å²) in [6.45, 7) is 4.39. The Morgan fingerprint density at radius 3 is 1.61 bits per heavy atom. The van der Waals surface area contributed by atoms with Gasteiger partial charge in [-0.15, -0.1) is 0 Å². The number of nitrogens with zero attached hydrogens (tertiary/aromatic N) is 6. The molecule has 0 radical (unpaired) electrons. The number of aliphatic imine (C=N–C) groups is 2. The second kappa shape index (κ2) is 15.6. The lowest BCUT2D eigenvalue weighted by Gasteiger charge is -2.24. The van der Waals surface area contributed by atoms with Gasteiger partial charge in [-0.05, 0) is 94.9 Å². The smallest absolute Gasteiger partial charge is 0.159 e. The molecule has 7 heteroatoms. The molecule has 0 fully saturated rings. The molecule has 7 nitrogen and oxygen atoms in total. The molecule has 1 aliphatic rings. The summed E-state index contributed by atoms with van der Waals surface area (Å²) < 4.78 is 0.